The summed E-state index contributed by atoms with van der Waals surface area (Å²) in [6, 6.07) is 5.49. The van der Waals surface area contributed by atoms with Crippen molar-refractivity contribution in [1.29, 1.82) is 0 Å². The quantitative estimate of drug-likeness (QED) is 0.694. The van der Waals surface area contributed by atoms with Crippen molar-refractivity contribution in [2.24, 2.45) is 0 Å². The van der Waals surface area contributed by atoms with Crippen molar-refractivity contribution in [2.75, 3.05) is 22.1 Å². The summed E-state index contributed by atoms with van der Waals surface area (Å²) in [6.45, 7) is 4.76. The fourth-order valence-electron chi connectivity index (χ4n) is 4.07. The van der Waals surface area contributed by atoms with Crippen LogP contribution in [0.5, 0.6) is 0 Å². The van der Waals surface area contributed by atoms with Crippen LogP contribution in [0.1, 0.15) is 49.7 Å². The first kappa shape index (κ1) is 20.4. The Kier molecular flexibility index (Phi) is 5.51. The lowest BCUT2D eigenvalue weighted by Crippen LogP contribution is -2.42. The standard InChI is InChI=1S/C21H24ClN5O3/c1-11-6-7-15(14(22)9-11)23-19(29)13-10-16(28)24-18-17(13)20(30)26-21(25-18)27-8-4-3-5-12(27)2/h6-7,9,12-13H,3-5,8,10H2,1-2H3,(H,23,29)(H2,24,25,26,28,30)/t12-,13-/m1/s1. The van der Waals surface area contributed by atoms with Gasteiger partial charge in [0.05, 0.1) is 22.2 Å². The number of carbonyl (C=O) groups excluding carboxylic acids is 2. The first-order valence-corrected chi connectivity index (χ1v) is 10.5. The topological polar surface area (TPSA) is 107 Å². The van der Waals surface area contributed by atoms with E-state index in [0.717, 1.165) is 31.4 Å². The molecule has 0 saturated carbocycles. The Morgan fingerprint density at radius 3 is 2.83 bits per heavy atom. The molecule has 0 aliphatic carbocycles. The molecule has 4 rings (SSSR count). The van der Waals surface area contributed by atoms with Crippen molar-refractivity contribution in [1.82, 2.24) is 9.97 Å². The predicted molar refractivity (Wildman–Crippen MR) is 116 cm³/mol. The Balaban J connectivity index is 1.66. The number of rotatable bonds is 3. The molecule has 2 aromatic rings. The third-order valence-corrected chi connectivity index (χ3v) is 6.03. The number of anilines is 3. The van der Waals surface area contributed by atoms with Crippen molar-refractivity contribution in [2.45, 2.75) is 51.5 Å². The molecule has 8 nitrogen and oxygen atoms in total. The van der Waals surface area contributed by atoms with Crippen molar-refractivity contribution >= 4 is 40.9 Å². The lowest BCUT2D eigenvalue weighted by molar-refractivity contribution is -0.123. The van der Waals surface area contributed by atoms with Crippen LogP contribution in [-0.4, -0.2) is 34.4 Å². The summed E-state index contributed by atoms with van der Waals surface area (Å²) >= 11 is 6.21. The van der Waals surface area contributed by atoms with Gasteiger partial charge in [-0.25, -0.2) is 0 Å². The van der Waals surface area contributed by atoms with Crippen molar-refractivity contribution < 1.29 is 9.59 Å². The highest BCUT2D eigenvalue weighted by Crippen LogP contribution is 2.32. The summed E-state index contributed by atoms with van der Waals surface area (Å²) in [7, 11) is 0. The molecule has 2 aliphatic heterocycles. The molecule has 2 amide bonds. The van der Waals surface area contributed by atoms with E-state index >= 15 is 0 Å². The number of carbonyl (C=O) groups is 2. The van der Waals surface area contributed by atoms with E-state index < -0.39 is 17.4 Å². The SMILES string of the molecule is Cc1ccc(NC(=O)[C@@H]2CC(=O)Nc3nc(N4CCCC[C@H]4C)[nH]c(=O)c32)c(Cl)c1. The van der Waals surface area contributed by atoms with E-state index in [4.69, 9.17) is 11.6 Å². The fraction of sp³-hybridized carbons (Fsp3) is 0.429. The molecule has 3 N–H and O–H groups in total. The first-order chi connectivity index (χ1) is 14.3. The first-order valence-electron chi connectivity index (χ1n) is 10.1. The highest BCUT2D eigenvalue weighted by Gasteiger charge is 2.35. The zero-order valence-electron chi connectivity index (χ0n) is 16.9. The van der Waals surface area contributed by atoms with E-state index in [1.807, 2.05) is 17.9 Å². The van der Waals surface area contributed by atoms with E-state index in [1.165, 1.54) is 0 Å². The summed E-state index contributed by atoms with van der Waals surface area (Å²) in [6.07, 6.45) is 3.02. The average molecular weight is 430 g/mol. The lowest BCUT2D eigenvalue weighted by atomic mass is 9.92. The number of benzene rings is 1. The number of aryl methyl sites for hydroxylation is 1. The normalized spacial score (nSPS) is 21.0. The summed E-state index contributed by atoms with van der Waals surface area (Å²) in [5, 5.41) is 5.79. The summed E-state index contributed by atoms with van der Waals surface area (Å²) in [5.41, 5.74) is 1.15. The van der Waals surface area contributed by atoms with E-state index in [0.29, 0.717) is 16.7 Å². The van der Waals surface area contributed by atoms with Crippen LogP contribution in [0.25, 0.3) is 0 Å². The number of halogens is 1. The Morgan fingerprint density at radius 1 is 1.30 bits per heavy atom. The molecular formula is C21H24ClN5O3. The zero-order chi connectivity index (χ0) is 21.4. The van der Waals surface area contributed by atoms with Crippen LogP contribution in [0.3, 0.4) is 0 Å². The van der Waals surface area contributed by atoms with Crippen LogP contribution in [0.4, 0.5) is 17.5 Å². The molecular weight excluding hydrogens is 406 g/mol. The number of piperidine rings is 1. The highest BCUT2D eigenvalue weighted by molar-refractivity contribution is 6.33. The van der Waals surface area contributed by atoms with Gasteiger partial charge in [-0.05, 0) is 50.8 Å². The number of hydrogen-bond acceptors (Lipinski definition) is 5. The van der Waals surface area contributed by atoms with E-state index in [1.54, 1.807) is 12.1 Å². The second-order valence-corrected chi connectivity index (χ2v) is 8.37. The molecule has 0 radical (unpaired) electrons. The number of fused-ring (bicyclic) bond motifs is 1. The summed E-state index contributed by atoms with van der Waals surface area (Å²) < 4.78 is 0. The van der Waals surface area contributed by atoms with Crippen molar-refractivity contribution in [3.63, 3.8) is 0 Å². The maximum atomic E-state index is 13.0. The monoisotopic (exact) mass is 429 g/mol. The number of hydrogen-bond donors (Lipinski definition) is 3. The largest absolute Gasteiger partial charge is 0.340 e. The number of H-pyrrole nitrogens is 1. The third-order valence-electron chi connectivity index (χ3n) is 5.71. The Bertz CT molecular complexity index is 1070. The molecule has 1 saturated heterocycles. The Labute approximate surface area is 179 Å². The molecule has 0 spiro atoms. The molecule has 158 valence electrons. The second-order valence-electron chi connectivity index (χ2n) is 7.97. The van der Waals surface area contributed by atoms with Gasteiger partial charge in [-0.1, -0.05) is 17.7 Å². The van der Waals surface area contributed by atoms with Crippen molar-refractivity contribution in [3.8, 4) is 0 Å². The van der Waals surface area contributed by atoms with Crippen LogP contribution < -0.4 is 21.1 Å². The minimum Gasteiger partial charge on any atom is -0.340 e. The molecule has 2 atom stereocenters. The van der Waals surface area contributed by atoms with E-state index in [2.05, 4.69) is 27.5 Å². The number of nitrogens with one attached hydrogen (secondary N) is 3. The van der Waals surface area contributed by atoms with Crippen LogP contribution in [0, 0.1) is 6.92 Å². The molecule has 0 unspecified atom stereocenters. The zero-order valence-corrected chi connectivity index (χ0v) is 17.7. The molecule has 3 heterocycles. The minimum absolute atomic E-state index is 0.132. The van der Waals surface area contributed by atoms with Gasteiger partial charge in [0.25, 0.3) is 5.56 Å². The molecule has 1 aromatic heterocycles. The fourth-order valence-corrected chi connectivity index (χ4v) is 4.36. The van der Waals surface area contributed by atoms with E-state index in [9.17, 15) is 14.4 Å². The Hall–Kier alpha value is -2.87. The maximum Gasteiger partial charge on any atom is 0.258 e. The lowest BCUT2D eigenvalue weighted by Gasteiger charge is -2.34. The highest BCUT2D eigenvalue weighted by atomic mass is 35.5. The third kappa shape index (κ3) is 3.92. The Morgan fingerprint density at radius 2 is 2.10 bits per heavy atom. The van der Waals surface area contributed by atoms with Gasteiger partial charge in [0.1, 0.15) is 5.82 Å². The summed E-state index contributed by atoms with van der Waals surface area (Å²) in [4.78, 5) is 47.5. The summed E-state index contributed by atoms with van der Waals surface area (Å²) in [5.74, 6) is -1.20. The van der Waals surface area contributed by atoms with Crippen LogP contribution >= 0.6 is 11.6 Å². The molecule has 1 aromatic carbocycles. The second kappa shape index (κ2) is 8.10. The van der Waals surface area contributed by atoms with Crippen LogP contribution in [0.15, 0.2) is 23.0 Å². The van der Waals surface area contributed by atoms with Gasteiger partial charge >= 0.3 is 0 Å². The van der Waals surface area contributed by atoms with Gasteiger partial charge in [0.2, 0.25) is 17.8 Å². The smallest absolute Gasteiger partial charge is 0.258 e. The number of nitrogens with zero attached hydrogens (tertiary/aromatic N) is 2. The molecule has 1 fully saturated rings. The van der Waals surface area contributed by atoms with Gasteiger partial charge in [-0.2, -0.15) is 4.98 Å². The number of amides is 2. The molecule has 30 heavy (non-hydrogen) atoms. The van der Waals surface area contributed by atoms with Gasteiger partial charge in [0.15, 0.2) is 0 Å². The van der Waals surface area contributed by atoms with Gasteiger partial charge < -0.3 is 15.5 Å². The number of aromatic nitrogens is 2. The number of aromatic amines is 1. The molecule has 0 bridgehead atoms. The van der Waals surface area contributed by atoms with Gasteiger partial charge in [-0.3, -0.25) is 19.4 Å². The van der Waals surface area contributed by atoms with Gasteiger partial charge in [-0.15, -0.1) is 0 Å². The predicted octanol–water partition coefficient (Wildman–Crippen LogP) is 3.18. The van der Waals surface area contributed by atoms with Crippen LogP contribution in [-0.2, 0) is 9.59 Å². The van der Waals surface area contributed by atoms with Gasteiger partial charge in [0, 0.05) is 19.0 Å². The van der Waals surface area contributed by atoms with E-state index in [-0.39, 0.29) is 29.8 Å². The molecule has 9 heteroatoms. The molecule has 2 aliphatic rings. The van der Waals surface area contributed by atoms with Crippen molar-refractivity contribution in [3.05, 3.63) is 44.7 Å². The van der Waals surface area contributed by atoms with Crippen LogP contribution in [0.2, 0.25) is 5.02 Å². The minimum atomic E-state index is -0.949. The average Bonchev–Trinajstić information content (AvgIpc) is 2.69. The maximum absolute atomic E-state index is 13.0.